The molecule has 2 atom stereocenters. The van der Waals surface area contributed by atoms with Gasteiger partial charge in [-0.25, -0.2) is 13.1 Å². The van der Waals surface area contributed by atoms with Gasteiger partial charge in [0.25, 0.3) is 0 Å². The van der Waals surface area contributed by atoms with Crippen molar-refractivity contribution >= 4 is 21.4 Å². The maximum absolute atomic E-state index is 12.6. The summed E-state index contributed by atoms with van der Waals surface area (Å²) in [5.74, 6) is 0. The second-order valence-electron chi connectivity index (χ2n) is 5.91. The molecule has 7 heteroatoms. The molecule has 1 aliphatic rings. The standard InChI is InChI=1S/C14H24N2O3S2/c1-5-19-13-8-12(14(13,2)3)16-21(17,18)11-6-7-20-10(11)9-15-4/h6-7,12-13,15-16H,5,8-9H2,1-4H3. The fraction of sp³-hybridized carbons (Fsp3) is 0.714. The zero-order valence-electron chi connectivity index (χ0n) is 13.0. The van der Waals surface area contributed by atoms with Crippen molar-refractivity contribution in [2.24, 2.45) is 5.41 Å². The molecule has 1 fully saturated rings. The number of hydrogen-bond acceptors (Lipinski definition) is 5. The molecule has 1 aliphatic carbocycles. The third-order valence-corrected chi connectivity index (χ3v) is 6.78. The van der Waals surface area contributed by atoms with E-state index in [0.717, 1.165) is 11.3 Å². The first-order valence-corrected chi connectivity index (χ1v) is 9.54. The Balaban J connectivity index is 2.11. The predicted molar refractivity (Wildman–Crippen MR) is 85.0 cm³/mol. The molecule has 2 unspecified atom stereocenters. The molecular formula is C14H24N2O3S2. The summed E-state index contributed by atoms with van der Waals surface area (Å²) in [4.78, 5) is 1.22. The zero-order valence-corrected chi connectivity index (χ0v) is 14.6. The summed E-state index contributed by atoms with van der Waals surface area (Å²) in [6.45, 7) is 7.27. The van der Waals surface area contributed by atoms with Gasteiger partial charge >= 0.3 is 0 Å². The summed E-state index contributed by atoms with van der Waals surface area (Å²) in [7, 11) is -1.66. The average molecular weight is 332 g/mol. The van der Waals surface area contributed by atoms with Crippen molar-refractivity contribution in [2.75, 3.05) is 13.7 Å². The summed E-state index contributed by atoms with van der Waals surface area (Å²) < 4.78 is 33.6. The highest BCUT2D eigenvalue weighted by Crippen LogP contribution is 2.43. The predicted octanol–water partition coefficient (Wildman–Crippen LogP) is 1.95. The van der Waals surface area contributed by atoms with Gasteiger partial charge in [0, 0.05) is 29.5 Å². The third kappa shape index (κ3) is 3.32. The van der Waals surface area contributed by atoms with Crippen LogP contribution in [0.15, 0.2) is 16.3 Å². The SMILES string of the molecule is CCOC1CC(NS(=O)(=O)c2ccsc2CNC)C1(C)C. The minimum atomic E-state index is -3.47. The number of rotatable bonds is 7. The fourth-order valence-electron chi connectivity index (χ4n) is 2.68. The number of sulfonamides is 1. The van der Waals surface area contributed by atoms with Crippen molar-refractivity contribution < 1.29 is 13.2 Å². The minimum Gasteiger partial charge on any atom is -0.378 e. The van der Waals surface area contributed by atoms with Crippen molar-refractivity contribution in [2.45, 2.75) is 50.8 Å². The summed E-state index contributed by atoms with van der Waals surface area (Å²) in [5.41, 5.74) is -0.178. The number of hydrogen-bond donors (Lipinski definition) is 2. The van der Waals surface area contributed by atoms with Crippen LogP contribution >= 0.6 is 11.3 Å². The molecular weight excluding hydrogens is 308 g/mol. The third-order valence-electron chi connectivity index (χ3n) is 4.17. The van der Waals surface area contributed by atoms with E-state index in [1.54, 1.807) is 6.07 Å². The van der Waals surface area contributed by atoms with Crippen LogP contribution in [0, 0.1) is 5.41 Å². The van der Waals surface area contributed by atoms with Gasteiger partial charge < -0.3 is 10.1 Å². The Morgan fingerprint density at radius 3 is 2.76 bits per heavy atom. The van der Waals surface area contributed by atoms with Gasteiger partial charge in [0.05, 0.1) is 11.0 Å². The molecule has 2 N–H and O–H groups in total. The number of ether oxygens (including phenoxy) is 1. The highest BCUT2D eigenvalue weighted by molar-refractivity contribution is 7.89. The van der Waals surface area contributed by atoms with Gasteiger partial charge in [-0.3, -0.25) is 0 Å². The van der Waals surface area contributed by atoms with Crippen LogP contribution in [0.25, 0.3) is 0 Å². The lowest BCUT2D eigenvalue weighted by molar-refractivity contribution is -0.108. The molecule has 1 aromatic rings. The van der Waals surface area contributed by atoms with Crippen molar-refractivity contribution in [1.29, 1.82) is 0 Å². The zero-order chi connectivity index (χ0) is 15.7. The van der Waals surface area contributed by atoms with E-state index < -0.39 is 10.0 Å². The Kier molecular flexibility index (Phi) is 5.10. The molecule has 0 aromatic carbocycles. The first-order chi connectivity index (χ1) is 9.82. The molecule has 2 rings (SSSR count). The molecule has 0 radical (unpaired) electrons. The molecule has 0 saturated heterocycles. The maximum atomic E-state index is 12.6. The van der Waals surface area contributed by atoms with Crippen LogP contribution in [-0.4, -0.2) is 34.2 Å². The van der Waals surface area contributed by atoms with Crippen molar-refractivity contribution in [3.8, 4) is 0 Å². The molecule has 1 heterocycles. The van der Waals surface area contributed by atoms with Gasteiger partial charge in [0.2, 0.25) is 10.0 Å². The van der Waals surface area contributed by atoms with Crippen molar-refractivity contribution in [1.82, 2.24) is 10.0 Å². The van der Waals surface area contributed by atoms with E-state index in [4.69, 9.17) is 4.74 Å². The van der Waals surface area contributed by atoms with E-state index in [2.05, 4.69) is 10.0 Å². The quantitative estimate of drug-likeness (QED) is 0.801. The average Bonchev–Trinajstić information content (AvgIpc) is 2.87. The molecule has 1 aromatic heterocycles. The van der Waals surface area contributed by atoms with E-state index in [0.29, 0.717) is 18.0 Å². The van der Waals surface area contributed by atoms with Crippen LogP contribution in [-0.2, 0) is 21.3 Å². The summed E-state index contributed by atoms with van der Waals surface area (Å²) in [5, 5.41) is 4.82. The number of nitrogens with one attached hydrogen (secondary N) is 2. The Bertz CT molecular complexity index is 581. The molecule has 1 saturated carbocycles. The van der Waals surface area contributed by atoms with Crippen LogP contribution in [0.5, 0.6) is 0 Å². The normalized spacial score (nSPS) is 24.8. The smallest absolute Gasteiger partial charge is 0.241 e. The van der Waals surface area contributed by atoms with E-state index in [1.165, 1.54) is 11.3 Å². The van der Waals surface area contributed by atoms with E-state index in [1.807, 2.05) is 33.2 Å². The Morgan fingerprint density at radius 1 is 1.48 bits per heavy atom. The first kappa shape index (κ1) is 16.9. The molecule has 0 spiro atoms. The number of thiophene rings is 1. The minimum absolute atomic E-state index is 0.0821. The lowest BCUT2D eigenvalue weighted by atomic mass is 9.65. The molecule has 0 bridgehead atoms. The second-order valence-corrected chi connectivity index (χ2v) is 8.60. The van der Waals surface area contributed by atoms with Crippen LogP contribution in [0.1, 0.15) is 32.1 Å². The fourth-order valence-corrected chi connectivity index (χ4v) is 5.54. The van der Waals surface area contributed by atoms with E-state index in [9.17, 15) is 8.42 Å². The van der Waals surface area contributed by atoms with Gasteiger partial charge in [0.15, 0.2) is 0 Å². The van der Waals surface area contributed by atoms with Crippen molar-refractivity contribution in [3.63, 3.8) is 0 Å². The molecule has 21 heavy (non-hydrogen) atoms. The molecule has 5 nitrogen and oxygen atoms in total. The largest absolute Gasteiger partial charge is 0.378 e. The van der Waals surface area contributed by atoms with Crippen LogP contribution in [0.4, 0.5) is 0 Å². The van der Waals surface area contributed by atoms with Gasteiger partial charge in [-0.2, -0.15) is 0 Å². The monoisotopic (exact) mass is 332 g/mol. The van der Waals surface area contributed by atoms with Gasteiger partial charge in [-0.05, 0) is 31.8 Å². The van der Waals surface area contributed by atoms with E-state index in [-0.39, 0.29) is 17.6 Å². The molecule has 120 valence electrons. The maximum Gasteiger partial charge on any atom is 0.241 e. The summed E-state index contributed by atoms with van der Waals surface area (Å²) in [6, 6.07) is 1.59. The van der Waals surface area contributed by atoms with Gasteiger partial charge in [-0.1, -0.05) is 13.8 Å². The second kappa shape index (κ2) is 6.34. The lowest BCUT2D eigenvalue weighted by Crippen LogP contribution is -2.61. The Hall–Kier alpha value is -0.470. The first-order valence-electron chi connectivity index (χ1n) is 7.17. The highest BCUT2D eigenvalue weighted by Gasteiger charge is 2.50. The lowest BCUT2D eigenvalue weighted by Gasteiger charge is -2.51. The summed E-state index contributed by atoms with van der Waals surface area (Å²) in [6.07, 6.45) is 0.848. The van der Waals surface area contributed by atoms with Gasteiger partial charge in [0.1, 0.15) is 0 Å². The van der Waals surface area contributed by atoms with Crippen LogP contribution in [0.3, 0.4) is 0 Å². The molecule has 0 amide bonds. The topological polar surface area (TPSA) is 67.4 Å². The molecule has 0 aliphatic heterocycles. The van der Waals surface area contributed by atoms with Crippen LogP contribution in [0.2, 0.25) is 0 Å². The van der Waals surface area contributed by atoms with E-state index >= 15 is 0 Å². The van der Waals surface area contributed by atoms with Crippen molar-refractivity contribution in [3.05, 3.63) is 16.3 Å². The summed E-state index contributed by atoms with van der Waals surface area (Å²) >= 11 is 1.46. The Morgan fingerprint density at radius 2 is 2.19 bits per heavy atom. The van der Waals surface area contributed by atoms with Gasteiger partial charge in [-0.15, -0.1) is 11.3 Å². The Labute approximate surface area is 131 Å². The highest BCUT2D eigenvalue weighted by atomic mass is 32.2. The van der Waals surface area contributed by atoms with Crippen LogP contribution < -0.4 is 10.0 Å².